The van der Waals surface area contributed by atoms with E-state index in [1.807, 2.05) is 0 Å². The Morgan fingerprint density at radius 2 is 2.38 bits per heavy atom. The second kappa shape index (κ2) is 4.42. The highest BCUT2D eigenvalue weighted by molar-refractivity contribution is 7.16. The standard InChI is InChI=1S/C9H9N3O3S/c13-4-3-10-6-1-2-7-8(11-5-16-7)9(6)12(14)15/h1-2,5,10,13H,3-4H2. The molecule has 0 aliphatic carbocycles. The Bertz CT molecular complexity index is 526. The summed E-state index contributed by atoms with van der Waals surface area (Å²) in [5.41, 5.74) is 2.32. The number of aromatic nitrogens is 1. The number of rotatable bonds is 4. The lowest BCUT2D eigenvalue weighted by atomic mass is 10.2. The number of nitro groups is 1. The number of fused-ring (bicyclic) bond motifs is 1. The average Bonchev–Trinajstić information content (AvgIpc) is 2.72. The quantitative estimate of drug-likeness (QED) is 0.625. The van der Waals surface area contributed by atoms with E-state index in [1.165, 1.54) is 11.3 Å². The number of thiazole rings is 1. The van der Waals surface area contributed by atoms with E-state index in [-0.39, 0.29) is 18.8 Å². The minimum Gasteiger partial charge on any atom is -0.395 e. The number of nitrogens with zero attached hydrogens (tertiary/aromatic N) is 2. The average molecular weight is 239 g/mol. The molecule has 0 saturated heterocycles. The molecule has 0 aliphatic rings. The summed E-state index contributed by atoms with van der Waals surface area (Å²) in [5, 5.41) is 22.4. The molecule has 6 nitrogen and oxygen atoms in total. The van der Waals surface area contributed by atoms with Crippen LogP contribution in [0.5, 0.6) is 0 Å². The highest BCUT2D eigenvalue weighted by atomic mass is 32.1. The Hall–Kier alpha value is -1.73. The third kappa shape index (κ3) is 1.82. The molecule has 0 unspecified atom stereocenters. The van der Waals surface area contributed by atoms with Gasteiger partial charge in [-0.2, -0.15) is 0 Å². The number of nitro benzene ring substituents is 1. The summed E-state index contributed by atoms with van der Waals surface area (Å²) in [6, 6.07) is 3.41. The molecule has 1 heterocycles. The third-order valence-corrected chi connectivity index (χ3v) is 2.88. The fourth-order valence-corrected chi connectivity index (χ4v) is 2.11. The fourth-order valence-electron chi connectivity index (χ4n) is 1.43. The number of hydrogen-bond acceptors (Lipinski definition) is 6. The molecule has 0 fully saturated rings. The van der Waals surface area contributed by atoms with Gasteiger partial charge in [-0.15, -0.1) is 11.3 Å². The third-order valence-electron chi connectivity index (χ3n) is 2.09. The second-order valence-electron chi connectivity index (χ2n) is 3.07. The lowest BCUT2D eigenvalue weighted by molar-refractivity contribution is -0.382. The first kappa shape index (κ1) is 10.8. The minimum absolute atomic E-state index is 0.0350. The van der Waals surface area contributed by atoms with Gasteiger partial charge >= 0.3 is 5.69 Å². The highest BCUT2D eigenvalue weighted by Gasteiger charge is 2.19. The maximum absolute atomic E-state index is 11.0. The van der Waals surface area contributed by atoms with Crippen LogP contribution in [0.4, 0.5) is 11.4 Å². The van der Waals surface area contributed by atoms with Crippen LogP contribution < -0.4 is 5.32 Å². The molecule has 0 spiro atoms. The monoisotopic (exact) mass is 239 g/mol. The Kier molecular flexibility index (Phi) is 2.97. The molecule has 0 saturated carbocycles. The molecule has 2 aromatic rings. The van der Waals surface area contributed by atoms with Crippen molar-refractivity contribution in [3.63, 3.8) is 0 Å². The van der Waals surface area contributed by atoms with Gasteiger partial charge in [0.15, 0.2) is 5.52 Å². The van der Waals surface area contributed by atoms with Crippen LogP contribution in [0.1, 0.15) is 0 Å². The van der Waals surface area contributed by atoms with E-state index in [4.69, 9.17) is 5.11 Å². The van der Waals surface area contributed by atoms with Crippen molar-refractivity contribution in [3.05, 3.63) is 27.8 Å². The summed E-state index contributed by atoms with van der Waals surface area (Å²) in [7, 11) is 0. The Balaban J connectivity index is 2.54. The highest BCUT2D eigenvalue weighted by Crippen LogP contribution is 2.34. The van der Waals surface area contributed by atoms with E-state index in [9.17, 15) is 10.1 Å². The van der Waals surface area contributed by atoms with Crippen LogP contribution >= 0.6 is 11.3 Å². The molecule has 7 heteroatoms. The van der Waals surface area contributed by atoms with E-state index in [2.05, 4.69) is 10.3 Å². The van der Waals surface area contributed by atoms with E-state index in [0.29, 0.717) is 11.2 Å². The fraction of sp³-hybridized carbons (Fsp3) is 0.222. The SMILES string of the molecule is O=[N+]([O-])c1c(NCCO)ccc2scnc12. The molecule has 0 amide bonds. The van der Waals surface area contributed by atoms with Gasteiger partial charge in [0.2, 0.25) is 0 Å². The number of aliphatic hydroxyl groups is 1. The van der Waals surface area contributed by atoms with Crippen LogP contribution in [0.3, 0.4) is 0 Å². The van der Waals surface area contributed by atoms with E-state index in [0.717, 1.165) is 4.70 Å². The number of aliphatic hydroxyl groups excluding tert-OH is 1. The zero-order valence-electron chi connectivity index (χ0n) is 8.21. The van der Waals surface area contributed by atoms with Crippen molar-refractivity contribution in [2.45, 2.75) is 0 Å². The van der Waals surface area contributed by atoms with Crippen molar-refractivity contribution in [3.8, 4) is 0 Å². The Morgan fingerprint density at radius 1 is 1.56 bits per heavy atom. The maximum Gasteiger partial charge on any atom is 0.319 e. The topological polar surface area (TPSA) is 88.3 Å². The van der Waals surface area contributed by atoms with Crippen LogP contribution in [0.15, 0.2) is 17.6 Å². The minimum atomic E-state index is -0.457. The largest absolute Gasteiger partial charge is 0.395 e. The first-order valence-corrected chi connectivity index (χ1v) is 5.47. The van der Waals surface area contributed by atoms with Crippen LogP contribution in [0.25, 0.3) is 10.2 Å². The van der Waals surface area contributed by atoms with Crippen LogP contribution in [-0.4, -0.2) is 28.2 Å². The number of benzene rings is 1. The molecule has 2 N–H and O–H groups in total. The number of anilines is 1. The van der Waals surface area contributed by atoms with Crippen LogP contribution in [0, 0.1) is 10.1 Å². The van der Waals surface area contributed by atoms with Crippen LogP contribution in [0.2, 0.25) is 0 Å². The van der Waals surface area contributed by atoms with Crippen molar-refractivity contribution in [1.29, 1.82) is 0 Å². The molecule has 0 bridgehead atoms. The van der Waals surface area contributed by atoms with Gasteiger partial charge in [0.25, 0.3) is 0 Å². The summed E-state index contributed by atoms with van der Waals surface area (Å²) in [4.78, 5) is 14.5. The van der Waals surface area contributed by atoms with E-state index >= 15 is 0 Å². The number of hydrogen-bond donors (Lipinski definition) is 2. The molecule has 0 radical (unpaired) electrons. The molecular weight excluding hydrogens is 230 g/mol. The van der Waals surface area contributed by atoms with Gasteiger partial charge in [-0.25, -0.2) is 4.98 Å². The Morgan fingerprint density at radius 3 is 3.06 bits per heavy atom. The van der Waals surface area contributed by atoms with Crippen molar-refractivity contribution in [1.82, 2.24) is 4.98 Å². The van der Waals surface area contributed by atoms with E-state index in [1.54, 1.807) is 17.6 Å². The van der Waals surface area contributed by atoms with E-state index < -0.39 is 4.92 Å². The summed E-state index contributed by atoms with van der Waals surface area (Å²) in [5.74, 6) is 0. The van der Waals surface area contributed by atoms with Gasteiger partial charge in [-0.3, -0.25) is 10.1 Å². The molecule has 1 aromatic carbocycles. The smallest absolute Gasteiger partial charge is 0.319 e. The van der Waals surface area contributed by atoms with Gasteiger partial charge in [-0.05, 0) is 12.1 Å². The first-order chi connectivity index (χ1) is 7.74. The molecule has 0 atom stereocenters. The summed E-state index contributed by atoms with van der Waals surface area (Å²) < 4.78 is 0.779. The normalized spacial score (nSPS) is 10.6. The predicted octanol–water partition coefficient (Wildman–Crippen LogP) is 1.61. The van der Waals surface area contributed by atoms with Crippen LogP contribution in [-0.2, 0) is 0 Å². The molecular formula is C9H9N3O3S. The lowest BCUT2D eigenvalue weighted by Crippen LogP contribution is -2.07. The van der Waals surface area contributed by atoms with Crippen molar-refractivity contribution in [2.75, 3.05) is 18.5 Å². The summed E-state index contributed by atoms with van der Waals surface area (Å²) >= 11 is 1.36. The summed E-state index contributed by atoms with van der Waals surface area (Å²) in [6.07, 6.45) is 0. The number of nitrogens with one attached hydrogen (secondary N) is 1. The van der Waals surface area contributed by atoms with Gasteiger partial charge in [0.05, 0.1) is 21.7 Å². The molecule has 2 rings (SSSR count). The molecule has 1 aromatic heterocycles. The summed E-state index contributed by atoms with van der Waals surface area (Å²) in [6.45, 7) is 0.197. The Labute approximate surface area is 94.7 Å². The van der Waals surface area contributed by atoms with Gasteiger partial charge < -0.3 is 10.4 Å². The lowest BCUT2D eigenvalue weighted by Gasteiger charge is -2.05. The van der Waals surface area contributed by atoms with Gasteiger partial charge in [-0.1, -0.05) is 0 Å². The zero-order chi connectivity index (χ0) is 11.5. The predicted molar refractivity (Wildman–Crippen MR) is 61.8 cm³/mol. The first-order valence-electron chi connectivity index (χ1n) is 4.59. The van der Waals surface area contributed by atoms with Crippen molar-refractivity contribution < 1.29 is 10.0 Å². The maximum atomic E-state index is 11.0. The van der Waals surface area contributed by atoms with Crippen molar-refractivity contribution >= 4 is 32.9 Å². The zero-order valence-corrected chi connectivity index (χ0v) is 9.03. The molecule has 0 aliphatic heterocycles. The van der Waals surface area contributed by atoms with Crippen molar-refractivity contribution in [2.24, 2.45) is 0 Å². The molecule has 84 valence electrons. The van der Waals surface area contributed by atoms with Gasteiger partial charge in [0.1, 0.15) is 5.69 Å². The van der Waals surface area contributed by atoms with Gasteiger partial charge in [0, 0.05) is 6.54 Å². The molecule has 16 heavy (non-hydrogen) atoms. The second-order valence-corrected chi connectivity index (χ2v) is 3.95.